The first kappa shape index (κ1) is 32.7. The molecule has 1 aromatic heterocycles. The number of carbonyl (C=O) groups excluding carboxylic acids is 2. The smallest absolute Gasteiger partial charge is 0.339 e. The van der Waals surface area contributed by atoms with Crippen LogP contribution in [0.5, 0.6) is 0 Å². The summed E-state index contributed by atoms with van der Waals surface area (Å²) in [5.74, 6) is -6.08. The molecule has 1 saturated heterocycles. The van der Waals surface area contributed by atoms with Crippen molar-refractivity contribution in [3.63, 3.8) is 0 Å². The van der Waals surface area contributed by atoms with E-state index in [1.165, 1.54) is 4.90 Å². The number of nitrogens with two attached hydrogens (primary N) is 2. The summed E-state index contributed by atoms with van der Waals surface area (Å²) < 4.78 is 82.1. The van der Waals surface area contributed by atoms with Gasteiger partial charge in [-0.25, -0.2) is 18.2 Å². The molecule has 218 valence electrons. The Morgan fingerprint density at radius 1 is 1.05 bits per heavy atom. The number of benzene rings is 1. The van der Waals surface area contributed by atoms with Gasteiger partial charge in [0.05, 0.1) is 11.9 Å². The maximum absolute atomic E-state index is 14.0. The Hall–Kier alpha value is -2.55. The summed E-state index contributed by atoms with van der Waals surface area (Å²) in [5.41, 5.74) is 11.7. The lowest BCUT2D eigenvalue weighted by Crippen LogP contribution is -2.54. The van der Waals surface area contributed by atoms with Gasteiger partial charge in [0.25, 0.3) is 5.91 Å². The monoisotopic (exact) mass is 604 g/mol. The van der Waals surface area contributed by atoms with E-state index in [1.54, 1.807) is 0 Å². The van der Waals surface area contributed by atoms with Crippen LogP contribution in [-0.4, -0.2) is 62.9 Å². The second kappa shape index (κ2) is 12.7. The molecule has 2 amide bonds. The van der Waals surface area contributed by atoms with Crippen molar-refractivity contribution < 1.29 is 35.9 Å². The van der Waals surface area contributed by atoms with E-state index in [0.29, 0.717) is 31.5 Å². The molecule has 0 spiro atoms. The van der Waals surface area contributed by atoms with E-state index in [-0.39, 0.29) is 68.2 Å². The zero-order valence-electron chi connectivity index (χ0n) is 20.5. The van der Waals surface area contributed by atoms with Crippen LogP contribution in [0.1, 0.15) is 42.4 Å². The Morgan fingerprint density at radius 3 is 2.36 bits per heavy atom. The molecular weight excluding hydrogens is 577 g/mol. The fourth-order valence-electron chi connectivity index (χ4n) is 4.89. The van der Waals surface area contributed by atoms with Gasteiger partial charge in [0.2, 0.25) is 11.7 Å². The zero-order valence-corrected chi connectivity index (χ0v) is 22.1. The third kappa shape index (κ3) is 6.97. The Kier molecular flexibility index (Phi) is 10.7. The quantitative estimate of drug-likeness (QED) is 0.403. The van der Waals surface area contributed by atoms with E-state index in [1.807, 2.05) is 0 Å². The normalized spacial score (nSPS) is 20.0. The third-order valence-electron chi connectivity index (χ3n) is 6.63. The van der Waals surface area contributed by atoms with E-state index in [9.17, 15) is 35.9 Å². The lowest BCUT2D eigenvalue weighted by Gasteiger charge is -2.40. The molecule has 0 saturated carbocycles. The molecule has 4 N–H and O–H groups in total. The summed E-state index contributed by atoms with van der Waals surface area (Å²) in [4.78, 5) is 32.8. The number of nitrogens with zero attached hydrogens (tertiary/aromatic N) is 4. The van der Waals surface area contributed by atoms with Crippen LogP contribution in [0.3, 0.4) is 0 Å². The largest absolute Gasteiger partial charge is 0.449 e. The molecule has 2 unspecified atom stereocenters. The fraction of sp³-hybridized carbons (Fsp3) is 0.522. The van der Waals surface area contributed by atoms with Gasteiger partial charge in [-0.3, -0.25) is 9.59 Å². The molecule has 16 heteroatoms. The molecule has 8 nitrogen and oxygen atoms in total. The second-order valence-electron chi connectivity index (χ2n) is 9.36. The van der Waals surface area contributed by atoms with Crippen molar-refractivity contribution in [2.45, 2.75) is 56.5 Å². The highest BCUT2D eigenvalue weighted by atomic mass is 35.5. The standard InChI is InChI=1S/C23H26F6N6O2.2ClH/c24-15-9-17(26)16(25)7-12(15)6-14(31)8-19(36)35-5-4-34-18(10-32-22(34)23(27,28)29)20(35)21(37)33-3-1-2-13(30)11-33;;/h7,9-10,13-14,20H,1-6,8,11,30-31H2;2*1H/t13?,14?,20-;;/m1../s1. The molecule has 4 rings (SSSR count). The summed E-state index contributed by atoms with van der Waals surface area (Å²) in [7, 11) is 0. The van der Waals surface area contributed by atoms with Crippen molar-refractivity contribution in [2.75, 3.05) is 19.6 Å². The summed E-state index contributed by atoms with van der Waals surface area (Å²) >= 11 is 0. The van der Waals surface area contributed by atoms with Crippen LogP contribution in [-0.2, 0) is 28.7 Å². The van der Waals surface area contributed by atoms with Gasteiger partial charge in [0, 0.05) is 50.7 Å². The Labute approximate surface area is 232 Å². The third-order valence-corrected chi connectivity index (χ3v) is 6.63. The number of alkyl halides is 3. The lowest BCUT2D eigenvalue weighted by molar-refractivity contribution is -0.152. The number of hydrogen-bond acceptors (Lipinski definition) is 5. The second-order valence-corrected chi connectivity index (χ2v) is 9.36. The highest BCUT2D eigenvalue weighted by molar-refractivity contribution is 5.89. The van der Waals surface area contributed by atoms with Crippen LogP contribution < -0.4 is 11.5 Å². The predicted molar refractivity (Wildman–Crippen MR) is 133 cm³/mol. The van der Waals surface area contributed by atoms with E-state index < -0.39 is 59.8 Å². The minimum Gasteiger partial charge on any atom is -0.339 e. The Balaban J connectivity index is 0.00000267. The molecular formula is C23H28Cl2F6N6O2. The molecule has 0 radical (unpaired) electrons. The predicted octanol–water partition coefficient (Wildman–Crippen LogP) is 2.96. The minimum atomic E-state index is -4.76. The van der Waals surface area contributed by atoms with E-state index in [4.69, 9.17) is 11.5 Å². The molecule has 39 heavy (non-hydrogen) atoms. The van der Waals surface area contributed by atoms with Crippen molar-refractivity contribution in [3.05, 3.63) is 52.9 Å². The van der Waals surface area contributed by atoms with Crippen LogP contribution in [0.4, 0.5) is 26.3 Å². The van der Waals surface area contributed by atoms with Gasteiger partial charge in [0.15, 0.2) is 17.7 Å². The van der Waals surface area contributed by atoms with Crippen LogP contribution in [0, 0.1) is 17.5 Å². The highest BCUT2D eigenvalue weighted by Gasteiger charge is 2.45. The first-order valence-corrected chi connectivity index (χ1v) is 11.7. The van der Waals surface area contributed by atoms with Crippen LogP contribution in [0.2, 0.25) is 0 Å². The van der Waals surface area contributed by atoms with Gasteiger partial charge in [-0.2, -0.15) is 13.2 Å². The number of carbonyl (C=O) groups is 2. The number of piperidine rings is 1. The SMILES string of the molecule is Cl.Cl.NC(CC(=O)N1CCn2c(cnc2C(F)(F)F)[C@@H]1C(=O)N1CCCC(N)C1)Cc1cc(F)c(F)cc1F. The molecule has 2 aliphatic rings. The van der Waals surface area contributed by atoms with Gasteiger partial charge >= 0.3 is 6.18 Å². The maximum Gasteiger partial charge on any atom is 0.449 e. The zero-order chi connectivity index (χ0) is 27.1. The van der Waals surface area contributed by atoms with Crippen molar-refractivity contribution in [1.29, 1.82) is 0 Å². The molecule has 2 aliphatic heterocycles. The average Bonchev–Trinajstić information content (AvgIpc) is 3.26. The van der Waals surface area contributed by atoms with Crippen LogP contribution in [0.15, 0.2) is 18.3 Å². The number of amides is 2. The van der Waals surface area contributed by atoms with Crippen molar-refractivity contribution >= 4 is 36.6 Å². The molecule has 1 fully saturated rings. The number of aromatic nitrogens is 2. The van der Waals surface area contributed by atoms with Crippen molar-refractivity contribution in [3.8, 4) is 0 Å². The van der Waals surface area contributed by atoms with Crippen LogP contribution >= 0.6 is 24.8 Å². The minimum absolute atomic E-state index is 0. The van der Waals surface area contributed by atoms with Gasteiger partial charge in [-0.1, -0.05) is 0 Å². The molecule has 3 heterocycles. The highest BCUT2D eigenvalue weighted by Crippen LogP contribution is 2.35. The average molecular weight is 605 g/mol. The van der Waals surface area contributed by atoms with Crippen molar-refractivity contribution in [2.24, 2.45) is 11.5 Å². The van der Waals surface area contributed by atoms with E-state index in [0.717, 1.165) is 15.7 Å². The van der Waals surface area contributed by atoms with E-state index in [2.05, 4.69) is 4.98 Å². The maximum atomic E-state index is 14.0. The fourth-order valence-corrected chi connectivity index (χ4v) is 4.89. The molecule has 3 atom stereocenters. The lowest BCUT2D eigenvalue weighted by atomic mass is 10.00. The van der Waals surface area contributed by atoms with Crippen molar-refractivity contribution in [1.82, 2.24) is 19.4 Å². The number of rotatable bonds is 5. The number of hydrogen-bond donors (Lipinski definition) is 2. The Bertz CT molecular complexity index is 1200. The van der Waals surface area contributed by atoms with Gasteiger partial charge < -0.3 is 25.8 Å². The summed E-state index contributed by atoms with van der Waals surface area (Å²) in [6, 6.07) is -1.70. The van der Waals surface area contributed by atoms with Gasteiger partial charge in [-0.05, 0) is 30.9 Å². The number of imidazole rings is 1. The Morgan fingerprint density at radius 2 is 1.72 bits per heavy atom. The topological polar surface area (TPSA) is 110 Å². The molecule has 0 aliphatic carbocycles. The first-order chi connectivity index (χ1) is 17.4. The number of halogens is 8. The summed E-state index contributed by atoms with van der Waals surface area (Å²) in [6.45, 7) is 0.0346. The van der Waals surface area contributed by atoms with Gasteiger partial charge in [-0.15, -0.1) is 24.8 Å². The van der Waals surface area contributed by atoms with E-state index >= 15 is 0 Å². The number of likely N-dealkylation sites (tertiary alicyclic amines) is 1. The summed E-state index contributed by atoms with van der Waals surface area (Å²) in [5, 5.41) is 0. The van der Waals surface area contributed by atoms with Crippen LogP contribution in [0.25, 0.3) is 0 Å². The number of fused-ring (bicyclic) bond motifs is 1. The van der Waals surface area contributed by atoms with Gasteiger partial charge in [0.1, 0.15) is 5.82 Å². The molecule has 0 bridgehead atoms. The molecule has 2 aromatic rings. The summed E-state index contributed by atoms with van der Waals surface area (Å²) in [6.07, 6.45) is -3.26. The first-order valence-electron chi connectivity index (χ1n) is 11.7. The molecule has 1 aromatic carbocycles.